The van der Waals surface area contributed by atoms with Crippen molar-refractivity contribution in [3.8, 4) is 0 Å². The standard InChI is InChI=1S/C46H50N2O14/c1-24-30(60-42(56)35(52)34(27-14-9-7-10-15-27)48-40(54)28-16-11-8-12-17-28)21-46(57)39(61-41(55)29-18-13-19-47-22-29)37-44(6,31(51)20-32-45(37,23-58-32)62-26(3)50)38(53)36(59-25(2)49)33(24)43(46,4)5/h7-19,22,30-32,34-37,39,51-52,57H,20-21,23H2,1-6H3,(H,48,54)/t30-,31-,32?,34-,35+,36+,37-,39-,44+,45-,46+/m0/s1. The number of benzene rings is 2. The van der Waals surface area contributed by atoms with E-state index >= 15 is 4.79 Å². The predicted octanol–water partition coefficient (Wildman–Crippen LogP) is 3.13. The number of fused-ring (bicyclic) bond motifs is 5. The average molecular weight is 855 g/mol. The summed E-state index contributed by atoms with van der Waals surface area (Å²) in [6, 6.07) is 18.0. The molecule has 11 atom stereocenters. The predicted molar refractivity (Wildman–Crippen MR) is 215 cm³/mol. The highest BCUT2D eigenvalue weighted by atomic mass is 16.6. The number of Topliss-reactive ketones (excluding diaryl/α,β-unsaturated/α-hetero) is 1. The Balaban J connectivity index is 1.39. The van der Waals surface area contributed by atoms with E-state index in [1.54, 1.807) is 74.5 Å². The van der Waals surface area contributed by atoms with Gasteiger partial charge in [0.05, 0.1) is 35.6 Å². The number of hydrogen-bond acceptors (Lipinski definition) is 15. The van der Waals surface area contributed by atoms with Crippen LogP contribution in [-0.2, 0) is 42.9 Å². The molecule has 1 amide bonds. The molecule has 1 aliphatic heterocycles. The highest BCUT2D eigenvalue weighted by Crippen LogP contribution is 2.64. The summed E-state index contributed by atoms with van der Waals surface area (Å²) in [4.78, 5) is 87.4. The number of hydrogen-bond donors (Lipinski definition) is 4. The van der Waals surface area contributed by atoms with E-state index in [0.29, 0.717) is 5.56 Å². The minimum absolute atomic E-state index is 0.0152. The van der Waals surface area contributed by atoms with Crippen LogP contribution in [0.2, 0.25) is 0 Å². The van der Waals surface area contributed by atoms with E-state index < -0.39 is 113 Å². The van der Waals surface area contributed by atoms with Crippen molar-refractivity contribution in [2.45, 2.75) is 108 Å². The molecule has 1 unspecified atom stereocenters. The van der Waals surface area contributed by atoms with Crippen molar-refractivity contribution in [3.05, 3.63) is 113 Å². The number of carbonyl (C=O) groups excluding carboxylic acids is 6. The van der Waals surface area contributed by atoms with Crippen molar-refractivity contribution < 1.29 is 67.8 Å². The maximum Gasteiger partial charge on any atom is 0.340 e. The Kier molecular flexibility index (Phi) is 11.8. The van der Waals surface area contributed by atoms with Gasteiger partial charge in [0.1, 0.15) is 23.9 Å². The van der Waals surface area contributed by atoms with E-state index in [0.717, 1.165) is 13.8 Å². The van der Waals surface area contributed by atoms with Crippen molar-refractivity contribution in [1.82, 2.24) is 10.3 Å². The zero-order valence-electron chi connectivity index (χ0n) is 35.1. The van der Waals surface area contributed by atoms with Gasteiger partial charge in [0.15, 0.2) is 23.6 Å². The summed E-state index contributed by atoms with van der Waals surface area (Å²) in [5, 5.41) is 40.2. The van der Waals surface area contributed by atoms with Crippen LogP contribution in [0, 0.1) is 16.7 Å². The highest BCUT2D eigenvalue weighted by molar-refractivity contribution is 5.96. The molecule has 3 aliphatic carbocycles. The number of ketones is 1. The third-order valence-electron chi connectivity index (χ3n) is 13.4. The Labute approximate surface area is 357 Å². The van der Waals surface area contributed by atoms with Crippen molar-refractivity contribution in [3.63, 3.8) is 0 Å². The molecule has 16 heteroatoms. The topological polar surface area (TPSA) is 234 Å². The second kappa shape index (κ2) is 16.5. The van der Waals surface area contributed by atoms with Gasteiger partial charge in [-0.2, -0.15) is 0 Å². The Morgan fingerprint density at radius 3 is 2.11 bits per heavy atom. The van der Waals surface area contributed by atoms with Crippen LogP contribution < -0.4 is 5.32 Å². The second-order valence-electron chi connectivity index (χ2n) is 17.2. The fraction of sp³-hybridized carbons (Fsp3) is 0.457. The molecule has 1 saturated heterocycles. The van der Waals surface area contributed by atoms with E-state index in [1.165, 1.54) is 38.4 Å². The van der Waals surface area contributed by atoms with Crippen LogP contribution in [0.3, 0.4) is 0 Å². The zero-order chi connectivity index (χ0) is 44.9. The van der Waals surface area contributed by atoms with Gasteiger partial charge in [-0.05, 0) is 54.8 Å². The molecule has 2 heterocycles. The summed E-state index contributed by atoms with van der Waals surface area (Å²) in [5.41, 5.74) is -7.23. The Morgan fingerprint density at radius 1 is 0.887 bits per heavy atom. The maximum atomic E-state index is 15.5. The Hall–Kier alpha value is -5.81. The molecule has 7 rings (SSSR count). The minimum Gasteiger partial charge on any atom is -0.456 e. The molecule has 3 aromatic rings. The molecular formula is C46H50N2O14. The third kappa shape index (κ3) is 7.27. The van der Waals surface area contributed by atoms with Gasteiger partial charge in [-0.1, -0.05) is 62.4 Å². The lowest BCUT2D eigenvalue weighted by atomic mass is 9.44. The smallest absolute Gasteiger partial charge is 0.340 e. The number of esters is 4. The van der Waals surface area contributed by atoms with Gasteiger partial charge in [-0.25, -0.2) is 9.59 Å². The third-order valence-corrected chi connectivity index (χ3v) is 13.4. The van der Waals surface area contributed by atoms with Gasteiger partial charge in [-0.3, -0.25) is 24.2 Å². The van der Waals surface area contributed by atoms with Crippen LogP contribution in [0.25, 0.3) is 0 Å². The molecule has 4 aliphatic rings. The van der Waals surface area contributed by atoms with Crippen molar-refractivity contribution in [2.75, 3.05) is 6.61 Å². The largest absolute Gasteiger partial charge is 0.456 e. The number of carbonyl (C=O) groups is 6. The molecule has 62 heavy (non-hydrogen) atoms. The molecule has 0 spiro atoms. The average Bonchev–Trinajstić information content (AvgIpc) is 3.24. The van der Waals surface area contributed by atoms with Crippen LogP contribution in [0.5, 0.6) is 0 Å². The number of ether oxygens (including phenoxy) is 5. The van der Waals surface area contributed by atoms with Gasteiger partial charge >= 0.3 is 23.9 Å². The summed E-state index contributed by atoms with van der Waals surface area (Å²) >= 11 is 0. The normalized spacial score (nSPS) is 31.9. The van der Waals surface area contributed by atoms with Crippen LogP contribution >= 0.6 is 0 Å². The summed E-state index contributed by atoms with van der Waals surface area (Å²) < 4.78 is 30.2. The van der Waals surface area contributed by atoms with E-state index in [2.05, 4.69) is 10.3 Å². The minimum atomic E-state index is -2.41. The molecule has 328 valence electrons. The molecular weight excluding hydrogens is 805 g/mol. The maximum absolute atomic E-state index is 15.5. The van der Waals surface area contributed by atoms with Crippen molar-refractivity contribution in [1.29, 1.82) is 0 Å². The van der Waals surface area contributed by atoms with Crippen molar-refractivity contribution in [2.24, 2.45) is 16.7 Å². The molecule has 4 N–H and O–H groups in total. The molecule has 2 bridgehead atoms. The van der Waals surface area contributed by atoms with Gasteiger partial charge in [0, 0.05) is 50.1 Å². The van der Waals surface area contributed by atoms with E-state index in [4.69, 9.17) is 23.7 Å². The number of aromatic nitrogens is 1. The Bertz CT molecular complexity index is 2290. The van der Waals surface area contributed by atoms with Crippen LogP contribution in [0.15, 0.2) is 96.3 Å². The first-order valence-corrected chi connectivity index (χ1v) is 20.3. The highest BCUT2D eigenvalue weighted by Gasteiger charge is 2.78. The number of aliphatic hydroxyl groups is 3. The van der Waals surface area contributed by atoms with Crippen LogP contribution in [0.4, 0.5) is 0 Å². The van der Waals surface area contributed by atoms with Gasteiger partial charge < -0.3 is 44.3 Å². The molecule has 2 saturated carbocycles. The molecule has 0 radical (unpaired) electrons. The van der Waals surface area contributed by atoms with Crippen LogP contribution in [-0.4, -0.2) is 110 Å². The fourth-order valence-corrected chi connectivity index (χ4v) is 10.1. The summed E-state index contributed by atoms with van der Waals surface area (Å²) in [6.07, 6.45) is -7.95. The summed E-state index contributed by atoms with van der Waals surface area (Å²) in [7, 11) is 0. The quantitative estimate of drug-likeness (QED) is 0.130. The van der Waals surface area contributed by atoms with E-state index in [9.17, 15) is 39.3 Å². The first kappa shape index (κ1) is 44.3. The summed E-state index contributed by atoms with van der Waals surface area (Å²) in [5.74, 6) is -6.97. The number of aliphatic hydroxyl groups excluding tert-OH is 2. The summed E-state index contributed by atoms with van der Waals surface area (Å²) in [6.45, 7) is 7.90. The van der Waals surface area contributed by atoms with E-state index in [1.807, 2.05) is 0 Å². The molecule has 3 fully saturated rings. The molecule has 1 aromatic heterocycles. The van der Waals surface area contributed by atoms with Gasteiger partial charge in [0.25, 0.3) is 5.91 Å². The number of nitrogens with one attached hydrogen (secondary N) is 1. The first-order valence-electron chi connectivity index (χ1n) is 20.3. The lowest BCUT2D eigenvalue weighted by molar-refractivity contribution is -0.346. The van der Waals surface area contributed by atoms with Crippen molar-refractivity contribution >= 4 is 35.6 Å². The monoisotopic (exact) mass is 854 g/mol. The molecule has 16 nitrogen and oxygen atoms in total. The van der Waals surface area contributed by atoms with E-state index in [-0.39, 0.29) is 35.3 Å². The number of nitrogens with zero attached hydrogens (tertiary/aromatic N) is 1. The number of pyridine rings is 1. The van der Waals surface area contributed by atoms with Gasteiger partial charge in [0.2, 0.25) is 0 Å². The number of amides is 1. The van der Waals surface area contributed by atoms with Crippen LogP contribution in [0.1, 0.15) is 86.7 Å². The zero-order valence-corrected chi connectivity index (χ0v) is 35.1. The Morgan fingerprint density at radius 2 is 1.53 bits per heavy atom. The lowest BCUT2D eigenvalue weighted by Crippen LogP contribution is -2.82. The number of rotatable bonds is 10. The first-order chi connectivity index (χ1) is 29.3. The second-order valence-corrected chi connectivity index (χ2v) is 17.2. The molecule has 2 aromatic carbocycles. The lowest BCUT2D eigenvalue weighted by Gasteiger charge is -2.67. The fourth-order valence-electron chi connectivity index (χ4n) is 10.1. The van der Waals surface area contributed by atoms with Gasteiger partial charge in [-0.15, -0.1) is 0 Å². The SMILES string of the molecule is CC(=O)O[C@H]1C(=O)[C@]2(C)[C@@H](O)CC3OC[C@@]3(OC(C)=O)[C@H]2[C@H](OC(=O)c2cccnc2)[C@]2(O)C[C@H](OC(=O)[C@H](O)[C@@H](NC(=O)c3ccccc3)c3ccccc3)C(C)=C1C2(C)C.